The maximum atomic E-state index is 11.9. The predicted octanol–water partition coefficient (Wildman–Crippen LogP) is 0.780. The monoisotopic (exact) mass is 368 g/mol. The Hall–Kier alpha value is -1.93. The summed E-state index contributed by atoms with van der Waals surface area (Å²) in [5.74, 6) is -1.89. The van der Waals surface area contributed by atoms with Gasteiger partial charge in [0.25, 0.3) is 0 Å². The molecule has 1 atom stereocenters. The Labute approximate surface area is 148 Å². The van der Waals surface area contributed by atoms with Gasteiger partial charge in [0, 0.05) is 26.1 Å². The molecular weight excluding hydrogens is 344 g/mol. The summed E-state index contributed by atoms with van der Waals surface area (Å²) in [6.45, 7) is 2.55. The molecule has 1 heterocycles. The molecule has 0 radical (unpaired) electrons. The summed E-state index contributed by atoms with van der Waals surface area (Å²) in [7, 11) is -3.21. The van der Waals surface area contributed by atoms with Gasteiger partial charge in [-0.3, -0.25) is 9.59 Å². The van der Waals surface area contributed by atoms with E-state index in [1.54, 1.807) is 0 Å². The molecule has 2 rings (SSSR count). The van der Waals surface area contributed by atoms with Crippen LogP contribution in [0.1, 0.15) is 24.0 Å². The number of aryl methyl sites for hydroxylation is 1. The molecule has 0 saturated carbocycles. The number of sulfonamides is 1. The molecular formula is C17H24N2O5S. The molecule has 0 aliphatic carbocycles. The maximum Gasteiger partial charge on any atom is 0.308 e. The van der Waals surface area contributed by atoms with E-state index in [1.807, 2.05) is 31.2 Å². The van der Waals surface area contributed by atoms with E-state index in [9.17, 15) is 23.1 Å². The number of carboxylic acids is 1. The first kappa shape index (κ1) is 19.4. The molecule has 2 N–H and O–H groups in total. The maximum absolute atomic E-state index is 11.9. The third-order valence-corrected chi connectivity index (χ3v) is 6.21. The molecule has 7 nitrogen and oxygen atoms in total. The number of nitrogens with one attached hydrogen (secondary N) is 1. The molecule has 0 spiro atoms. The van der Waals surface area contributed by atoms with Crippen molar-refractivity contribution in [1.82, 2.24) is 9.62 Å². The van der Waals surface area contributed by atoms with Gasteiger partial charge in [-0.25, -0.2) is 12.7 Å². The summed E-state index contributed by atoms with van der Waals surface area (Å²) in [4.78, 5) is 23.3. The Morgan fingerprint density at radius 3 is 2.72 bits per heavy atom. The fourth-order valence-corrected chi connectivity index (χ4v) is 4.39. The van der Waals surface area contributed by atoms with Crippen molar-refractivity contribution in [1.29, 1.82) is 0 Å². The van der Waals surface area contributed by atoms with Crippen LogP contribution in [-0.2, 0) is 26.0 Å². The molecule has 1 aromatic carbocycles. The third-order valence-electron chi connectivity index (χ3n) is 4.25. The normalized spacial score (nSPS) is 18.0. The van der Waals surface area contributed by atoms with Crippen molar-refractivity contribution in [3.05, 3.63) is 35.4 Å². The van der Waals surface area contributed by atoms with Crippen LogP contribution < -0.4 is 5.32 Å². The topological polar surface area (TPSA) is 104 Å². The van der Waals surface area contributed by atoms with Gasteiger partial charge in [0.15, 0.2) is 0 Å². The van der Waals surface area contributed by atoms with Crippen molar-refractivity contribution in [3.8, 4) is 0 Å². The molecule has 25 heavy (non-hydrogen) atoms. The molecule has 1 aliphatic rings. The van der Waals surface area contributed by atoms with Gasteiger partial charge in [-0.1, -0.05) is 29.8 Å². The van der Waals surface area contributed by atoms with Gasteiger partial charge in [-0.15, -0.1) is 0 Å². The first-order valence-electron chi connectivity index (χ1n) is 8.31. The summed E-state index contributed by atoms with van der Waals surface area (Å²) in [6.07, 6.45) is 0.954. The summed E-state index contributed by atoms with van der Waals surface area (Å²) in [6, 6.07) is 7.60. The number of nitrogens with zero attached hydrogens (tertiary/aromatic N) is 1. The Morgan fingerprint density at radius 1 is 1.36 bits per heavy atom. The quantitative estimate of drug-likeness (QED) is 0.706. The van der Waals surface area contributed by atoms with E-state index >= 15 is 0 Å². The predicted molar refractivity (Wildman–Crippen MR) is 93.6 cm³/mol. The van der Waals surface area contributed by atoms with Gasteiger partial charge in [0.05, 0.1) is 11.7 Å². The Kier molecular flexibility index (Phi) is 6.55. The van der Waals surface area contributed by atoms with E-state index in [2.05, 4.69) is 5.32 Å². The Bertz CT molecular complexity index is 732. The summed E-state index contributed by atoms with van der Waals surface area (Å²) in [5.41, 5.74) is 1.96. The minimum Gasteiger partial charge on any atom is -0.481 e. The second-order valence-electron chi connectivity index (χ2n) is 6.35. The van der Waals surface area contributed by atoms with Gasteiger partial charge in [-0.2, -0.15) is 0 Å². The molecule has 1 aromatic rings. The lowest BCUT2D eigenvalue weighted by Gasteiger charge is -2.16. The van der Waals surface area contributed by atoms with Gasteiger partial charge in [0.1, 0.15) is 0 Å². The van der Waals surface area contributed by atoms with Crippen LogP contribution in [0.5, 0.6) is 0 Å². The average molecular weight is 368 g/mol. The van der Waals surface area contributed by atoms with Crippen molar-refractivity contribution in [2.75, 3.05) is 25.4 Å². The largest absolute Gasteiger partial charge is 0.481 e. The lowest BCUT2D eigenvalue weighted by molar-refractivity contribution is -0.141. The number of carbonyl (C=O) groups is 2. The van der Waals surface area contributed by atoms with E-state index in [0.29, 0.717) is 19.4 Å². The van der Waals surface area contributed by atoms with Gasteiger partial charge < -0.3 is 10.4 Å². The highest BCUT2D eigenvalue weighted by atomic mass is 32.2. The number of amides is 1. The van der Waals surface area contributed by atoms with Crippen LogP contribution in [0.15, 0.2) is 24.3 Å². The molecule has 1 unspecified atom stereocenters. The molecule has 8 heteroatoms. The van der Waals surface area contributed by atoms with Gasteiger partial charge in [0.2, 0.25) is 15.9 Å². The second kappa shape index (κ2) is 8.44. The zero-order valence-electron chi connectivity index (χ0n) is 14.3. The van der Waals surface area contributed by atoms with Crippen LogP contribution in [0, 0.1) is 12.8 Å². The minimum atomic E-state index is -3.21. The van der Waals surface area contributed by atoms with Crippen LogP contribution in [0.3, 0.4) is 0 Å². The second-order valence-corrected chi connectivity index (χ2v) is 8.44. The van der Waals surface area contributed by atoms with Crippen molar-refractivity contribution in [2.24, 2.45) is 5.92 Å². The number of benzene rings is 1. The fraction of sp³-hybridized carbons (Fsp3) is 0.529. The summed E-state index contributed by atoms with van der Waals surface area (Å²) < 4.78 is 24.7. The molecule has 1 fully saturated rings. The highest BCUT2D eigenvalue weighted by Gasteiger charge is 2.28. The minimum absolute atomic E-state index is 0.0227. The number of hydrogen-bond acceptors (Lipinski definition) is 4. The van der Waals surface area contributed by atoms with Crippen molar-refractivity contribution >= 4 is 21.9 Å². The standard InChI is InChI=1S/C17H24N2O5S/c1-13-4-2-5-14(10-13)11-15(17(21)22)12-18-16(20)6-8-19-7-3-9-25(19,23)24/h2,4-5,10,15H,3,6-9,11-12H2,1H3,(H,18,20)(H,21,22). The molecule has 1 aliphatic heterocycles. The Balaban J connectivity index is 1.82. The Morgan fingerprint density at radius 2 is 2.12 bits per heavy atom. The van der Waals surface area contributed by atoms with E-state index in [4.69, 9.17) is 0 Å². The summed E-state index contributed by atoms with van der Waals surface area (Å²) in [5, 5.41) is 12.0. The third kappa shape index (κ3) is 5.82. The van der Waals surface area contributed by atoms with Crippen molar-refractivity contribution < 1.29 is 23.1 Å². The average Bonchev–Trinajstić information content (AvgIpc) is 2.87. The number of hydrogen-bond donors (Lipinski definition) is 2. The summed E-state index contributed by atoms with van der Waals surface area (Å²) >= 11 is 0. The highest BCUT2D eigenvalue weighted by molar-refractivity contribution is 7.89. The zero-order valence-corrected chi connectivity index (χ0v) is 15.1. The van der Waals surface area contributed by atoms with Crippen LogP contribution >= 0.6 is 0 Å². The molecule has 1 amide bonds. The first-order chi connectivity index (χ1) is 11.8. The van der Waals surface area contributed by atoms with Crippen LogP contribution in [0.4, 0.5) is 0 Å². The van der Waals surface area contributed by atoms with Crippen LogP contribution in [-0.4, -0.2) is 55.1 Å². The number of aliphatic carboxylic acids is 1. The first-order valence-corrected chi connectivity index (χ1v) is 9.92. The highest BCUT2D eigenvalue weighted by Crippen LogP contribution is 2.14. The van der Waals surface area contributed by atoms with Crippen molar-refractivity contribution in [2.45, 2.75) is 26.2 Å². The fourth-order valence-electron chi connectivity index (χ4n) is 2.86. The van der Waals surface area contributed by atoms with Crippen LogP contribution in [0.2, 0.25) is 0 Å². The lowest BCUT2D eigenvalue weighted by Crippen LogP contribution is -2.36. The lowest BCUT2D eigenvalue weighted by atomic mass is 9.98. The van der Waals surface area contributed by atoms with Gasteiger partial charge in [-0.05, 0) is 25.3 Å². The SMILES string of the molecule is Cc1cccc(CC(CNC(=O)CCN2CCCS2(=O)=O)C(=O)O)c1. The number of rotatable bonds is 8. The van der Waals surface area contributed by atoms with E-state index in [0.717, 1.165) is 11.1 Å². The molecule has 0 aromatic heterocycles. The number of carboxylic acid groups (broad SMARTS) is 1. The zero-order chi connectivity index (χ0) is 18.4. The smallest absolute Gasteiger partial charge is 0.308 e. The van der Waals surface area contributed by atoms with E-state index in [-0.39, 0.29) is 31.2 Å². The molecule has 1 saturated heterocycles. The number of carbonyl (C=O) groups excluding carboxylic acids is 1. The molecule has 0 bridgehead atoms. The van der Waals surface area contributed by atoms with Crippen LogP contribution in [0.25, 0.3) is 0 Å². The van der Waals surface area contributed by atoms with E-state index < -0.39 is 21.9 Å². The van der Waals surface area contributed by atoms with E-state index in [1.165, 1.54) is 4.31 Å². The van der Waals surface area contributed by atoms with Crippen molar-refractivity contribution in [3.63, 3.8) is 0 Å². The van der Waals surface area contributed by atoms with Gasteiger partial charge >= 0.3 is 5.97 Å². The molecule has 138 valence electrons.